The highest BCUT2D eigenvalue weighted by Gasteiger charge is 2.20. The fourth-order valence-electron chi connectivity index (χ4n) is 3.56. The smallest absolute Gasteiger partial charge is 0.194 e. The molecule has 1 aromatic heterocycles. The van der Waals surface area contributed by atoms with Gasteiger partial charge in [-0.2, -0.15) is 0 Å². The van der Waals surface area contributed by atoms with Gasteiger partial charge in [0.15, 0.2) is 23.4 Å². The van der Waals surface area contributed by atoms with Crippen molar-refractivity contribution in [2.24, 2.45) is 12.0 Å². The van der Waals surface area contributed by atoms with Gasteiger partial charge in [0, 0.05) is 46.3 Å². The van der Waals surface area contributed by atoms with Crippen LogP contribution in [0.25, 0.3) is 0 Å². The third-order valence-corrected chi connectivity index (χ3v) is 5.66. The number of methoxy groups -OCH3 is 1. The molecule has 3 rings (SSSR count). The number of benzene rings is 1. The van der Waals surface area contributed by atoms with Crippen LogP contribution in [-0.2, 0) is 20.1 Å². The number of aliphatic imine (C=N–C) groups is 1. The maximum atomic E-state index is 14.0. The van der Waals surface area contributed by atoms with Gasteiger partial charge in [0.25, 0.3) is 0 Å². The number of rotatable bonds is 8. The van der Waals surface area contributed by atoms with Crippen LogP contribution < -0.4 is 10.1 Å². The standard InChI is InChI=1S/C22H34FN7O.HI/c1-5-6-9-24-22(25-15-21-27-26-17(2)28(21)3)30-12-10-29(11-13-30)16-18-7-8-20(31-4)19(23)14-18;/h7-8,14H,5-6,9-13,15-16H2,1-4H3,(H,24,25);1H. The van der Waals surface area contributed by atoms with Gasteiger partial charge in [-0.05, 0) is 31.0 Å². The monoisotopic (exact) mass is 559 g/mol. The highest BCUT2D eigenvalue weighted by atomic mass is 127. The molecule has 1 aliphatic heterocycles. The average Bonchev–Trinajstić information content (AvgIpc) is 3.09. The van der Waals surface area contributed by atoms with Crippen molar-refractivity contribution in [3.8, 4) is 5.75 Å². The Kier molecular flexibility index (Phi) is 10.6. The van der Waals surface area contributed by atoms with Crippen LogP contribution >= 0.6 is 24.0 Å². The number of piperazine rings is 1. The third-order valence-electron chi connectivity index (χ3n) is 5.66. The van der Waals surface area contributed by atoms with E-state index in [0.29, 0.717) is 6.54 Å². The molecule has 178 valence electrons. The molecule has 2 heterocycles. The number of halogens is 2. The summed E-state index contributed by atoms with van der Waals surface area (Å²) in [4.78, 5) is 9.47. The molecule has 0 atom stereocenters. The van der Waals surface area contributed by atoms with E-state index >= 15 is 0 Å². The van der Waals surface area contributed by atoms with E-state index in [1.165, 1.54) is 7.11 Å². The second kappa shape index (κ2) is 12.9. The van der Waals surface area contributed by atoms with Crippen molar-refractivity contribution in [2.75, 3.05) is 39.8 Å². The van der Waals surface area contributed by atoms with Crippen molar-refractivity contribution in [2.45, 2.75) is 39.8 Å². The Morgan fingerprint density at radius 1 is 1.22 bits per heavy atom. The summed E-state index contributed by atoms with van der Waals surface area (Å²) in [5, 5.41) is 11.8. The minimum atomic E-state index is -0.313. The normalized spacial score (nSPS) is 14.9. The molecule has 10 heteroatoms. The van der Waals surface area contributed by atoms with Crippen molar-refractivity contribution in [3.05, 3.63) is 41.2 Å². The molecule has 1 fully saturated rings. The van der Waals surface area contributed by atoms with Crippen LogP contribution in [0, 0.1) is 12.7 Å². The van der Waals surface area contributed by atoms with Crippen LogP contribution in [0.2, 0.25) is 0 Å². The van der Waals surface area contributed by atoms with Gasteiger partial charge in [0.05, 0.1) is 7.11 Å². The highest BCUT2D eigenvalue weighted by molar-refractivity contribution is 14.0. The molecule has 0 unspecified atom stereocenters. The van der Waals surface area contributed by atoms with Crippen molar-refractivity contribution < 1.29 is 9.13 Å². The van der Waals surface area contributed by atoms with E-state index in [2.05, 4.69) is 32.2 Å². The molecule has 2 aromatic rings. The van der Waals surface area contributed by atoms with Crippen LogP contribution in [0.15, 0.2) is 23.2 Å². The lowest BCUT2D eigenvalue weighted by Gasteiger charge is -2.36. The van der Waals surface area contributed by atoms with E-state index in [0.717, 1.165) is 75.3 Å². The highest BCUT2D eigenvalue weighted by Crippen LogP contribution is 2.19. The van der Waals surface area contributed by atoms with Crippen molar-refractivity contribution in [3.63, 3.8) is 0 Å². The van der Waals surface area contributed by atoms with Gasteiger partial charge in [-0.1, -0.05) is 19.4 Å². The third kappa shape index (κ3) is 7.03. The van der Waals surface area contributed by atoms with Gasteiger partial charge >= 0.3 is 0 Å². The predicted molar refractivity (Wildman–Crippen MR) is 135 cm³/mol. The number of nitrogens with one attached hydrogen (secondary N) is 1. The lowest BCUT2D eigenvalue weighted by Crippen LogP contribution is -2.52. The maximum Gasteiger partial charge on any atom is 0.194 e. The zero-order valence-corrected chi connectivity index (χ0v) is 21.8. The van der Waals surface area contributed by atoms with E-state index in [-0.39, 0.29) is 35.5 Å². The molecule has 1 N–H and O–H groups in total. The number of guanidine groups is 1. The molecule has 0 spiro atoms. The molecule has 0 radical (unpaired) electrons. The molecule has 0 aliphatic carbocycles. The number of ether oxygens (including phenoxy) is 1. The van der Waals surface area contributed by atoms with Crippen LogP contribution in [0.3, 0.4) is 0 Å². The Morgan fingerprint density at radius 3 is 2.56 bits per heavy atom. The first-order valence-electron chi connectivity index (χ1n) is 10.9. The van der Waals surface area contributed by atoms with E-state index in [4.69, 9.17) is 9.73 Å². The summed E-state index contributed by atoms with van der Waals surface area (Å²) >= 11 is 0. The maximum absolute atomic E-state index is 14.0. The fraction of sp³-hybridized carbons (Fsp3) is 0.591. The molecule has 0 saturated carbocycles. The largest absolute Gasteiger partial charge is 0.494 e. The first kappa shape index (κ1) is 26.3. The SMILES string of the molecule is CCCCNC(=NCc1nnc(C)n1C)N1CCN(Cc2ccc(OC)c(F)c2)CC1.I. The number of nitrogens with zero attached hydrogens (tertiary/aromatic N) is 6. The Hall–Kier alpha value is -1.95. The number of hydrogen-bond acceptors (Lipinski definition) is 5. The van der Waals surface area contributed by atoms with E-state index in [9.17, 15) is 4.39 Å². The number of hydrogen-bond donors (Lipinski definition) is 1. The summed E-state index contributed by atoms with van der Waals surface area (Å²) in [7, 11) is 3.45. The summed E-state index contributed by atoms with van der Waals surface area (Å²) in [5.41, 5.74) is 0.958. The molecule has 8 nitrogen and oxygen atoms in total. The summed E-state index contributed by atoms with van der Waals surface area (Å²) in [6.45, 7) is 9.77. The van der Waals surface area contributed by atoms with Gasteiger partial charge in [0.1, 0.15) is 12.4 Å². The van der Waals surface area contributed by atoms with Crippen LogP contribution in [0.5, 0.6) is 5.75 Å². The quantitative estimate of drug-likeness (QED) is 0.232. The minimum Gasteiger partial charge on any atom is -0.494 e. The lowest BCUT2D eigenvalue weighted by molar-refractivity contribution is 0.172. The van der Waals surface area contributed by atoms with E-state index in [1.807, 2.05) is 24.6 Å². The van der Waals surface area contributed by atoms with E-state index < -0.39 is 0 Å². The van der Waals surface area contributed by atoms with Gasteiger partial charge < -0.3 is 19.5 Å². The van der Waals surface area contributed by atoms with Gasteiger partial charge in [0.2, 0.25) is 0 Å². The molecule has 0 amide bonds. The lowest BCUT2D eigenvalue weighted by atomic mass is 10.2. The average molecular weight is 559 g/mol. The Bertz CT molecular complexity index is 881. The Balaban J connectivity index is 0.00000363. The van der Waals surface area contributed by atoms with E-state index in [1.54, 1.807) is 12.1 Å². The fourth-order valence-corrected chi connectivity index (χ4v) is 3.56. The minimum absolute atomic E-state index is 0. The van der Waals surface area contributed by atoms with Gasteiger partial charge in [-0.3, -0.25) is 4.90 Å². The second-order valence-corrected chi connectivity index (χ2v) is 7.87. The molecule has 1 aromatic carbocycles. The number of aromatic nitrogens is 3. The summed E-state index contributed by atoms with van der Waals surface area (Å²) in [5.74, 6) is 2.63. The zero-order valence-electron chi connectivity index (χ0n) is 19.5. The first-order chi connectivity index (χ1) is 15.0. The van der Waals surface area contributed by atoms with Crippen molar-refractivity contribution in [1.82, 2.24) is 29.9 Å². The molecule has 32 heavy (non-hydrogen) atoms. The Morgan fingerprint density at radius 2 is 1.97 bits per heavy atom. The number of aryl methyl sites for hydroxylation is 1. The first-order valence-corrected chi connectivity index (χ1v) is 10.9. The molecule has 1 aliphatic rings. The van der Waals surface area contributed by atoms with Crippen molar-refractivity contribution >= 4 is 29.9 Å². The zero-order chi connectivity index (χ0) is 22.2. The second-order valence-electron chi connectivity index (χ2n) is 7.87. The van der Waals surface area contributed by atoms with Crippen LogP contribution in [-0.4, -0.2) is 70.4 Å². The predicted octanol–water partition coefficient (Wildman–Crippen LogP) is 2.95. The van der Waals surface area contributed by atoms with Crippen LogP contribution in [0.4, 0.5) is 4.39 Å². The summed E-state index contributed by atoms with van der Waals surface area (Å²) in [6, 6.07) is 5.18. The summed E-state index contributed by atoms with van der Waals surface area (Å²) in [6.07, 6.45) is 2.24. The van der Waals surface area contributed by atoms with Gasteiger partial charge in [-0.15, -0.1) is 34.2 Å². The number of unbranched alkanes of at least 4 members (excludes halogenated alkanes) is 1. The van der Waals surface area contributed by atoms with Gasteiger partial charge in [-0.25, -0.2) is 9.38 Å². The molecule has 1 saturated heterocycles. The van der Waals surface area contributed by atoms with Crippen molar-refractivity contribution in [1.29, 1.82) is 0 Å². The molecular formula is C22H35FIN7O. The summed E-state index contributed by atoms with van der Waals surface area (Å²) < 4.78 is 21.0. The molecule has 0 bridgehead atoms. The topological polar surface area (TPSA) is 70.8 Å². The molecular weight excluding hydrogens is 524 g/mol. The Labute approximate surface area is 207 Å². The van der Waals surface area contributed by atoms with Crippen LogP contribution in [0.1, 0.15) is 37.0 Å².